The van der Waals surface area contributed by atoms with Crippen molar-refractivity contribution in [1.29, 1.82) is 0 Å². The van der Waals surface area contributed by atoms with Crippen LogP contribution in [-0.4, -0.2) is 15.2 Å². The van der Waals surface area contributed by atoms with Crippen LogP contribution < -0.4 is 4.89 Å². The summed E-state index contributed by atoms with van der Waals surface area (Å²) in [6, 6.07) is 0. The van der Waals surface area contributed by atoms with Gasteiger partial charge in [-0.1, -0.05) is 0 Å². The van der Waals surface area contributed by atoms with E-state index in [1.807, 2.05) is 0 Å². The molecule has 0 saturated heterocycles. The van der Waals surface area contributed by atoms with Crippen molar-refractivity contribution in [2.45, 2.75) is 38.3 Å². The van der Waals surface area contributed by atoms with Crippen LogP contribution in [0.2, 0.25) is 10.6 Å². The van der Waals surface area contributed by atoms with Gasteiger partial charge in [0.05, 0.1) is 0 Å². The summed E-state index contributed by atoms with van der Waals surface area (Å²) in [4.78, 5) is 8.46. The molecule has 0 saturated carbocycles. The van der Waals surface area contributed by atoms with Crippen molar-refractivity contribution in [3.8, 4) is 0 Å². The zero-order valence-corrected chi connectivity index (χ0v) is 10.8. The van der Waals surface area contributed by atoms with Crippen LogP contribution in [-0.2, 0) is 4.57 Å². The summed E-state index contributed by atoms with van der Waals surface area (Å²) >= 11 is 0.755. The van der Waals surface area contributed by atoms with Crippen LogP contribution in [0.4, 0.5) is 0 Å². The minimum absolute atomic E-state index is 0.755. The van der Waals surface area contributed by atoms with Crippen molar-refractivity contribution in [3.05, 3.63) is 0 Å². The molecule has 0 aromatic rings. The summed E-state index contributed by atoms with van der Waals surface area (Å²) < 4.78 is 8.46. The minimum atomic E-state index is -1.75. The molecule has 0 aromatic carbocycles. The second-order valence-electron chi connectivity index (χ2n) is 3.64. The topological polar surface area (TPSA) is 40.1 Å². The smallest absolute Gasteiger partial charge is 0.0110 e. The molecule has 2 nitrogen and oxygen atoms in total. The third-order valence-corrected chi connectivity index (χ3v) is 3.83. The molecule has 0 aromatic heterocycles. The Hall–Kier alpha value is 0.722. The molecule has 0 aliphatic rings. The maximum absolute atomic E-state index is 8.46. The molecule has 12 heavy (non-hydrogen) atoms. The van der Waals surface area contributed by atoms with Crippen molar-refractivity contribution in [2.24, 2.45) is 11.8 Å². The van der Waals surface area contributed by atoms with Crippen LogP contribution >= 0.6 is 8.69 Å². The molecule has 0 aliphatic heterocycles. The predicted octanol–water partition coefficient (Wildman–Crippen LogP) is 1.86. The summed E-state index contributed by atoms with van der Waals surface area (Å²) in [5.74, 6) is 1.86. The number of hydrogen-bond donors (Lipinski definition) is 0. The quantitative estimate of drug-likeness (QED) is 0.520. The molecule has 0 heterocycles. The van der Waals surface area contributed by atoms with E-state index in [4.69, 9.17) is 9.46 Å². The summed E-state index contributed by atoms with van der Waals surface area (Å²) in [5, 5.41) is 2.97. The van der Waals surface area contributed by atoms with E-state index < -0.39 is 8.69 Å². The van der Waals surface area contributed by atoms with Gasteiger partial charge in [0, 0.05) is 0 Å². The Morgan fingerprint density at radius 3 is 1.58 bits per heavy atom. The first-order valence-corrected chi connectivity index (χ1v) is 6.99. The Kier molecular flexibility index (Phi) is 14.9. The average Bonchev–Trinajstić information content (AvgIpc) is 1.87. The fourth-order valence-electron chi connectivity index (χ4n) is 0.763. The van der Waals surface area contributed by atoms with Gasteiger partial charge < -0.3 is 9.46 Å². The Balaban J connectivity index is 0. The SMILES string of the molecule is CC(C)[CH2][Al+][CH2]C(C)C.O=[PH2][O-]. The van der Waals surface area contributed by atoms with Gasteiger partial charge in [0.15, 0.2) is 0 Å². The van der Waals surface area contributed by atoms with Gasteiger partial charge in [-0.2, -0.15) is 0 Å². The van der Waals surface area contributed by atoms with Crippen molar-refractivity contribution in [1.82, 2.24) is 0 Å². The van der Waals surface area contributed by atoms with Crippen LogP contribution in [0, 0.1) is 11.8 Å². The van der Waals surface area contributed by atoms with Gasteiger partial charge in [0.2, 0.25) is 0 Å². The first-order valence-electron chi connectivity index (χ1n) is 4.41. The van der Waals surface area contributed by atoms with Gasteiger partial charge >= 0.3 is 65.3 Å². The first-order chi connectivity index (χ1) is 5.54. The molecular weight excluding hydrogens is 186 g/mol. The van der Waals surface area contributed by atoms with Crippen molar-refractivity contribution in [2.75, 3.05) is 0 Å². The molecule has 0 amide bonds. The third kappa shape index (κ3) is 22.4. The number of hydrogen-bond acceptors (Lipinski definition) is 2. The van der Waals surface area contributed by atoms with Crippen LogP contribution in [0.15, 0.2) is 0 Å². The van der Waals surface area contributed by atoms with E-state index in [1.165, 1.54) is 10.6 Å². The van der Waals surface area contributed by atoms with Crippen molar-refractivity contribution < 1.29 is 9.46 Å². The summed E-state index contributed by atoms with van der Waals surface area (Å²) in [6.45, 7) is 9.25. The predicted molar refractivity (Wildman–Crippen MR) is 55.4 cm³/mol. The molecule has 0 N–H and O–H groups in total. The van der Waals surface area contributed by atoms with Gasteiger partial charge in [0.1, 0.15) is 0 Å². The van der Waals surface area contributed by atoms with E-state index in [-0.39, 0.29) is 0 Å². The van der Waals surface area contributed by atoms with Gasteiger partial charge in [-0.15, -0.1) is 0 Å². The maximum Gasteiger partial charge on any atom is -0.0110 e. The molecular formula is C8H20AlO2P. The fourth-order valence-corrected chi connectivity index (χ4v) is 2.29. The van der Waals surface area contributed by atoms with Crippen LogP contribution in [0.5, 0.6) is 0 Å². The molecule has 0 radical (unpaired) electrons. The molecule has 0 bridgehead atoms. The van der Waals surface area contributed by atoms with Gasteiger partial charge in [-0.3, -0.25) is 0 Å². The first kappa shape index (κ1) is 15.2. The van der Waals surface area contributed by atoms with E-state index in [9.17, 15) is 0 Å². The molecule has 1 atom stereocenters. The van der Waals surface area contributed by atoms with Gasteiger partial charge in [-0.05, 0) is 8.69 Å². The zero-order chi connectivity index (χ0) is 9.98. The molecule has 0 spiro atoms. The second kappa shape index (κ2) is 11.7. The minimum Gasteiger partial charge on any atom is -0.804 e. The van der Waals surface area contributed by atoms with Crippen LogP contribution in [0.1, 0.15) is 27.7 Å². The Morgan fingerprint density at radius 1 is 1.17 bits per heavy atom. The van der Waals surface area contributed by atoms with Crippen LogP contribution in [0.3, 0.4) is 0 Å². The normalized spacial score (nSPS) is 10.2. The summed E-state index contributed by atoms with van der Waals surface area (Å²) in [7, 11) is -1.75. The number of rotatable bonds is 4. The van der Waals surface area contributed by atoms with E-state index in [0.717, 1.165) is 27.1 Å². The largest absolute Gasteiger partial charge is 0.804 e. The summed E-state index contributed by atoms with van der Waals surface area (Å²) in [6.07, 6.45) is 0. The van der Waals surface area contributed by atoms with Crippen molar-refractivity contribution >= 4 is 23.9 Å². The van der Waals surface area contributed by atoms with Gasteiger partial charge in [0.25, 0.3) is 0 Å². The third-order valence-electron chi connectivity index (χ3n) is 1.28. The van der Waals surface area contributed by atoms with E-state index in [2.05, 4.69) is 27.7 Å². The van der Waals surface area contributed by atoms with E-state index in [0.29, 0.717) is 0 Å². The van der Waals surface area contributed by atoms with Crippen molar-refractivity contribution in [3.63, 3.8) is 0 Å². The Morgan fingerprint density at radius 2 is 1.42 bits per heavy atom. The zero-order valence-electron chi connectivity index (χ0n) is 8.54. The average molecular weight is 206 g/mol. The molecule has 0 fully saturated rings. The van der Waals surface area contributed by atoms with Gasteiger partial charge in [-0.25, -0.2) is 0 Å². The maximum atomic E-state index is 8.46. The molecule has 4 heteroatoms. The monoisotopic (exact) mass is 206 g/mol. The summed E-state index contributed by atoms with van der Waals surface area (Å²) in [5.41, 5.74) is 0. The Bertz CT molecular complexity index is 89.1. The Labute approximate surface area is 83.8 Å². The molecule has 0 rings (SSSR count). The molecule has 72 valence electrons. The van der Waals surface area contributed by atoms with E-state index in [1.54, 1.807) is 0 Å². The standard InChI is InChI=1S/2C4H9.Al.H3O2P/c2*1-4(2)3;;1-3-2/h2*4H,1H2,2-3H3;;3H2,(H,1,2)/q;;+1;/p-1. The molecule has 0 aliphatic carbocycles. The fraction of sp³-hybridized carbons (Fsp3) is 1.00. The van der Waals surface area contributed by atoms with E-state index >= 15 is 0 Å². The molecule has 1 unspecified atom stereocenters. The second-order valence-corrected chi connectivity index (χ2v) is 5.36. The van der Waals surface area contributed by atoms with Crippen LogP contribution in [0.25, 0.3) is 0 Å².